The highest BCUT2D eigenvalue weighted by atomic mass is 15.0. The molecular formula is C43H27N3. The maximum atomic E-state index is 5.03. The molecule has 0 aliphatic heterocycles. The van der Waals surface area contributed by atoms with E-state index in [1.807, 2.05) is 30.3 Å². The number of nitrogens with zero attached hydrogens (tertiary/aromatic N) is 3. The second-order valence-corrected chi connectivity index (χ2v) is 11.7. The lowest BCUT2D eigenvalue weighted by Gasteiger charge is -2.15. The topological polar surface area (TPSA) is 38.7 Å². The van der Waals surface area contributed by atoms with Crippen LogP contribution in [-0.2, 0) is 0 Å². The predicted octanol–water partition coefficient (Wildman–Crippen LogP) is 11.2. The number of fused-ring (bicyclic) bond motifs is 5. The molecule has 3 nitrogen and oxygen atoms in total. The van der Waals surface area contributed by atoms with E-state index in [1.54, 1.807) is 0 Å². The Kier molecular flexibility index (Phi) is 6.14. The van der Waals surface area contributed by atoms with E-state index < -0.39 is 0 Å². The van der Waals surface area contributed by atoms with Gasteiger partial charge in [0.1, 0.15) is 0 Å². The lowest BCUT2D eigenvalue weighted by atomic mass is 9.89. The molecule has 0 saturated carbocycles. The Morgan fingerprint density at radius 1 is 0.283 bits per heavy atom. The van der Waals surface area contributed by atoms with E-state index in [4.69, 9.17) is 15.0 Å². The third kappa shape index (κ3) is 4.49. The van der Waals surface area contributed by atoms with Crippen LogP contribution in [0.4, 0.5) is 0 Å². The van der Waals surface area contributed by atoms with Crippen LogP contribution >= 0.6 is 0 Å². The van der Waals surface area contributed by atoms with Crippen molar-refractivity contribution >= 4 is 43.1 Å². The molecule has 46 heavy (non-hydrogen) atoms. The molecule has 9 rings (SSSR count). The van der Waals surface area contributed by atoms with Crippen molar-refractivity contribution in [2.24, 2.45) is 0 Å². The summed E-state index contributed by atoms with van der Waals surface area (Å²) in [5.41, 5.74) is 5.27. The minimum absolute atomic E-state index is 0.650. The van der Waals surface area contributed by atoms with Crippen molar-refractivity contribution in [3.8, 4) is 45.3 Å². The van der Waals surface area contributed by atoms with Gasteiger partial charge in [0, 0.05) is 16.7 Å². The van der Waals surface area contributed by atoms with Crippen molar-refractivity contribution in [1.29, 1.82) is 0 Å². The number of aromatic nitrogens is 3. The summed E-state index contributed by atoms with van der Waals surface area (Å²) < 4.78 is 0. The number of benzene rings is 8. The molecule has 3 heteroatoms. The molecule has 0 spiro atoms. The largest absolute Gasteiger partial charge is 0.208 e. The van der Waals surface area contributed by atoms with Crippen LogP contribution in [0.15, 0.2) is 164 Å². The zero-order chi connectivity index (χ0) is 30.5. The van der Waals surface area contributed by atoms with Crippen LogP contribution in [0, 0.1) is 0 Å². The molecule has 0 atom stereocenters. The van der Waals surface area contributed by atoms with Gasteiger partial charge in [-0.3, -0.25) is 0 Å². The van der Waals surface area contributed by atoms with Gasteiger partial charge in [0.05, 0.1) is 0 Å². The first-order chi connectivity index (χ1) is 22.8. The van der Waals surface area contributed by atoms with Gasteiger partial charge >= 0.3 is 0 Å². The summed E-state index contributed by atoms with van der Waals surface area (Å²) in [6, 6.07) is 57.7. The lowest BCUT2D eigenvalue weighted by molar-refractivity contribution is 1.07. The van der Waals surface area contributed by atoms with Gasteiger partial charge in [-0.15, -0.1) is 0 Å². The van der Waals surface area contributed by atoms with Crippen molar-refractivity contribution in [1.82, 2.24) is 15.0 Å². The Morgan fingerprint density at radius 2 is 0.783 bits per heavy atom. The van der Waals surface area contributed by atoms with Gasteiger partial charge in [0.25, 0.3) is 0 Å². The Labute approximate surface area is 266 Å². The van der Waals surface area contributed by atoms with Crippen molar-refractivity contribution in [3.05, 3.63) is 164 Å². The van der Waals surface area contributed by atoms with Crippen molar-refractivity contribution in [2.45, 2.75) is 0 Å². The summed E-state index contributed by atoms with van der Waals surface area (Å²) in [5.74, 6) is 1.96. The maximum Gasteiger partial charge on any atom is 0.164 e. The minimum atomic E-state index is 0.650. The van der Waals surface area contributed by atoms with Crippen LogP contribution in [-0.4, -0.2) is 15.0 Å². The Morgan fingerprint density at radius 3 is 1.54 bits per heavy atom. The third-order valence-electron chi connectivity index (χ3n) is 8.86. The molecule has 214 valence electrons. The summed E-state index contributed by atoms with van der Waals surface area (Å²) in [6.07, 6.45) is 0. The maximum absolute atomic E-state index is 5.03. The standard InChI is InChI=1S/C43H27N3/c1-2-12-31(13-3-1)41-44-42(46-43(45-41)36-25-18-28-10-4-5-14-33(28)26-36)32-22-20-30(21-23-32)39-38-17-9-7-15-34(38)27-35-24-19-29-11-6-8-16-37(29)40(35)39/h1-27H. The highest BCUT2D eigenvalue weighted by molar-refractivity contribution is 6.21. The molecule has 0 fully saturated rings. The van der Waals surface area contributed by atoms with E-state index in [9.17, 15) is 0 Å². The molecule has 9 aromatic rings. The second kappa shape index (κ2) is 10.8. The average molecular weight is 586 g/mol. The molecule has 0 N–H and O–H groups in total. The normalized spacial score (nSPS) is 11.5. The van der Waals surface area contributed by atoms with Gasteiger partial charge in [-0.05, 0) is 66.3 Å². The summed E-state index contributed by atoms with van der Waals surface area (Å²) >= 11 is 0. The van der Waals surface area contributed by atoms with E-state index in [0.29, 0.717) is 17.5 Å². The molecule has 0 bridgehead atoms. The summed E-state index contributed by atoms with van der Waals surface area (Å²) in [6.45, 7) is 0. The van der Waals surface area contributed by atoms with Crippen LogP contribution < -0.4 is 0 Å². The van der Waals surface area contributed by atoms with Crippen LogP contribution in [0.5, 0.6) is 0 Å². The van der Waals surface area contributed by atoms with Crippen molar-refractivity contribution < 1.29 is 0 Å². The molecular weight excluding hydrogens is 558 g/mol. The Hall–Kier alpha value is -6.19. The van der Waals surface area contributed by atoms with E-state index in [0.717, 1.165) is 27.6 Å². The molecule has 1 aromatic heterocycles. The van der Waals surface area contributed by atoms with E-state index in [2.05, 4.69) is 133 Å². The predicted molar refractivity (Wildman–Crippen MR) is 192 cm³/mol. The van der Waals surface area contributed by atoms with Gasteiger partial charge in [-0.2, -0.15) is 0 Å². The number of hydrogen-bond donors (Lipinski definition) is 0. The first-order valence-electron chi connectivity index (χ1n) is 15.5. The van der Waals surface area contributed by atoms with Crippen molar-refractivity contribution in [2.75, 3.05) is 0 Å². The molecule has 0 saturated heterocycles. The number of hydrogen-bond acceptors (Lipinski definition) is 3. The molecule has 0 amide bonds. The van der Waals surface area contributed by atoms with Crippen LogP contribution in [0.25, 0.3) is 88.4 Å². The Bertz CT molecular complexity index is 2570. The third-order valence-corrected chi connectivity index (χ3v) is 8.86. The van der Waals surface area contributed by atoms with Gasteiger partial charge in [0.2, 0.25) is 0 Å². The van der Waals surface area contributed by atoms with E-state index in [-0.39, 0.29) is 0 Å². The molecule has 8 aromatic carbocycles. The van der Waals surface area contributed by atoms with E-state index >= 15 is 0 Å². The molecule has 1 heterocycles. The Balaban J connectivity index is 1.22. The quantitative estimate of drug-likeness (QED) is 0.152. The molecule has 0 radical (unpaired) electrons. The molecule has 0 aliphatic rings. The molecule has 0 aliphatic carbocycles. The van der Waals surface area contributed by atoms with E-state index in [1.165, 1.54) is 43.3 Å². The van der Waals surface area contributed by atoms with Gasteiger partial charge < -0.3 is 0 Å². The SMILES string of the molecule is c1ccc(-c2nc(-c3ccc(-c4c5ccccc5cc5ccc6ccccc6c45)cc3)nc(-c3ccc4ccccc4c3)n2)cc1. The zero-order valence-corrected chi connectivity index (χ0v) is 24.9. The smallest absolute Gasteiger partial charge is 0.164 e. The summed E-state index contributed by atoms with van der Waals surface area (Å²) in [4.78, 5) is 15.0. The first-order valence-corrected chi connectivity index (χ1v) is 15.5. The minimum Gasteiger partial charge on any atom is -0.208 e. The summed E-state index contributed by atoms with van der Waals surface area (Å²) in [7, 11) is 0. The lowest BCUT2D eigenvalue weighted by Crippen LogP contribution is -2.00. The van der Waals surface area contributed by atoms with Crippen LogP contribution in [0.1, 0.15) is 0 Å². The van der Waals surface area contributed by atoms with Crippen LogP contribution in [0.2, 0.25) is 0 Å². The average Bonchev–Trinajstić information content (AvgIpc) is 3.14. The fourth-order valence-electron chi connectivity index (χ4n) is 6.61. The first kappa shape index (κ1) is 26.2. The van der Waals surface area contributed by atoms with Gasteiger partial charge in [-0.1, -0.05) is 152 Å². The van der Waals surface area contributed by atoms with Gasteiger partial charge in [-0.25, -0.2) is 15.0 Å². The highest BCUT2D eigenvalue weighted by Crippen LogP contribution is 2.40. The monoisotopic (exact) mass is 585 g/mol. The molecule has 0 unspecified atom stereocenters. The van der Waals surface area contributed by atoms with Gasteiger partial charge in [0.15, 0.2) is 17.5 Å². The zero-order valence-electron chi connectivity index (χ0n) is 24.9. The second-order valence-electron chi connectivity index (χ2n) is 11.7. The van der Waals surface area contributed by atoms with Crippen molar-refractivity contribution in [3.63, 3.8) is 0 Å². The number of rotatable bonds is 4. The fourth-order valence-corrected chi connectivity index (χ4v) is 6.61. The fraction of sp³-hybridized carbons (Fsp3) is 0. The highest BCUT2D eigenvalue weighted by Gasteiger charge is 2.16. The summed E-state index contributed by atoms with van der Waals surface area (Å²) in [5, 5.41) is 9.82. The van der Waals surface area contributed by atoms with Crippen LogP contribution in [0.3, 0.4) is 0 Å².